The number of nitrogens with one attached hydrogen (secondary N) is 1. The zero-order valence-electron chi connectivity index (χ0n) is 10.7. The molecule has 4 nitrogen and oxygen atoms in total. The van der Waals surface area contributed by atoms with E-state index in [-0.39, 0.29) is 17.4 Å². The Bertz CT molecular complexity index is 485. The summed E-state index contributed by atoms with van der Waals surface area (Å²) in [6, 6.07) is 3.96. The highest BCUT2D eigenvalue weighted by atomic mass is 32.1. The first-order valence-corrected chi connectivity index (χ1v) is 6.22. The number of amides is 1. The minimum atomic E-state index is -0.318. The van der Waals surface area contributed by atoms with E-state index in [9.17, 15) is 4.79 Å². The lowest BCUT2D eigenvalue weighted by molar-refractivity contribution is 0.174. The molecule has 1 aromatic rings. The summed E-state index contributed by atoms with van der Waals surface area (Å²) in [6.45, 7) is 6.96. The monoisotopic (exact) mass is 267 g/mol. The van der Waals surface area contributed by atoms with Crippen LogP contribution >= 0.6 is 12.6 Å². The molecule has 0 fully saturated rings. The lowest BCUT2D eigenvalue weighted by Gasteiger charge is -2.27. The van der Waals surface area contributed by atoms with E-state index in [1.807, 2.05) is 19.1 Å². The second-order valence-electron chi connectivity index (χ2n) is 5.06. The highest BCUT2D eigenvalue weighted by Crippen LogP contribution is 2.38. The summed E-state index contributed by atoms with van der Waals surface area (Å²) in [6.07, 6.45) is 0. The molecule has 0 saturated carbocycles. The average Bonchev–Trinajstić information content (AvgIpc) is 2.72. The molecule has 2 rings (SSSR count). The molecular formula is C13H17NO3S. The second-order valence-corrected chi connectivity index (χ2v) is 5.47. The van der Waals surface area contributed by atoms with E-state index in [0.717, 1.165) is 22.6 Å². The molecule has 0 radical (unpaired) electrons. The summed E-state index contributed by atoms with van der Waals surface area (Å²) in [5, 5.41) is 2.41. The Labute approximate surface area is 112 Å². The SMILES string of the molecule is Cc1cc2c(cc1C(C)(C)CNC(=O)S)OCO2. The second kappa shape index (κ2) is 4.72. The van der Waals surface area contributed by atoms with Gasteiger partial charge in [0.05, 0.1) is 0 Å². The van der Waals surface area contributed by atoms with E-state index in [4.69, 9.17) is 9.47 Å². The molecule has 0 saturated heterocycles. The quantitative estimate of drug-likeness (QED) is 0.828. The molecule has 1 N–H and O–H groups in total. The van der Waals surface area contributed by atoms with Gasteiger partial charge in [-0.05, 0) is 30.2 Å². The van der Waals surface area contributed by atoms with Crippen molar-refractivity contribution in [1.82, 2.24) is 5.32 Å². The van der Waals surface area contributed by atoms with Crippen molar-refractivity contribution in [1.29, 1.82) is 0 Å². The third kappa shape index (κ3) is 2.56. The van der Waals surface area contributed by atoms with Crippen LogP contribution in [0, 0.1) is 6.92 Å². The number of benzene rings is 1. The first-order valence-electron chi connectivity index (χ1n) is 5.78. The smallest absolute Gasteiger partial charge is 0.276 e. The van der Waals surface area contributed by atoms with Gasteiger partial charge in [-0.1, -0.05) is 26.5 Å². The predicted molar refractivity (Wildman–Crippen MR) is 72.7 cm³/mol. The maximum absolute atomic E-state index is 10.9. The Kier molecular flexibility index (Phi) is 3.43. The number of hydrogen-bond acceptors (Lipinski definition) is 3. The minimum Gasteiger partial charge on any atom is -0.454 e. The molecule has 0 aliphatic carbocycles. The molecule has 0 unspecified atom stereocenters. The molecule has 0 bridgehead atoms. The Morgan fingerprint density at radius 1 is 1.39 bits per heavy atom. The van der Waals surface area contributed by atoms with Crippen molar-refractivity contribution in [3.8, 4) is 11.5 Å². The van der Waals surface area contributed by atoms with E-state index in [0.29, 0.717) is 6.54 Å². The van der Waals surface area contributed by atoms with Crippen molar-refractivity contribution in [2.75, 3.05) is 13.3 Å². The van der Waals surface area contributed by atoms with Crippen LogP contribution < -0.4 is 14.8 Å². The minimum absolute atomic E-state index is 0.191. The van der Waals surface area contributed by atoms with Crippen LogP contribution in [0.2, 0.25) is 0 Å². The predicted octanol–water partition coefficient (Wildman–Crippen LogP) is 2.64. The molecule has 1 aliphatic rings. The largest absolute Gasteiger partial charge is 0.454 e. The summed E-state index contributed by atoms with van der Waals surface area (Å²) in [4.78, 5) is 10.9. The van der Waals surface area contributed by atoms with Crippen LogP contribution in [0.1, 0.15) is 25.0 Å². The highest BCUT2D eigenvalue weighted by molar-refractivity contribution is 7.96. The molecule has 0 spiro atoms. The van der Waals surface area contributed by atoms with Gasteiger partial charge in [-0.2, -0.15) is 0 Å². The summed E-state index contributed by atoms with van der Waals surface area (Å²) in [5.74, 6) is 1.55. The van der Waals surface area contributed by atoms with Gasteiger partial charge in [0.15, 0.2) is 11.5 Å². The van der Waals surface area contributed by atoms with Gasteiger partial charge in [0.25, 0.3) is 5.24 Å². The van der Waals surface area contributed by atoms with E-state index in [2.05, 4.69) is 31.8 Å². The highest BCUT2D eigenvalue weighted by Gasteiger charge is 2.26. The Balaban J connectivity index is 2.29. The van der Waals surface area contributed by atoms with Gasteiger partial charge in [-0.25, -0.2) is 0 Å². The van der Waals surface area contributed by atoms with Crippen molar-refractivity contribution in [2.45, 2.75) is 26.2 Å². The fourth-order valence-electron chi connectivity index (χ4n) is 2.16. The van der Waals surface area contributed by atoms with Crippen molar-refractivity contribution in [3.63, 3.8) is 0 Å². The molecular weight excluding hydrogens is 250 g/mol. The van der Waals surface area contributed by atoms with Crippen LogP contribution in [0.5, 0.6) is 11.5 Å². The molecule has 0 atom stereocenters. The van der Waals surface area contributed by atoms with Crippen LogP contribution in [0.25, 0.3) is 0 Å². The van der Waals surface area contributed by atoms with E-state index >= 15 is 0 Å². The average molecular weight is 267 g/mol. The molecule has 5 heteroatoms. The summed E-state index contributed by atoms with van der Waals surface area (Å²) >= 11 is 3.72. The third-order valence-electron chi connectivity index (χ3n) is 3.13. The number of aryl methyl sites for hydroxylation is 1. The van der Waals surface area contributed by atoms with Crippen LogP contribution in [0.4, 0.5) is 4.79 Å². The van der Waals surface area contributed by atoms with Gasteiger partial charge in [-0.3, -0.25) is 4.79 Å². The van der Waals surface area contributed by atoms with Crippen molar-refractivity contribution in [3.05, 3.63) is 23.3 Å². The molecule has 98 valence electrons. The fraction of sp³-hybridized carbons (Fsp3) is 0.462. The zero-order valence-corrected chi connectivity index (χ0v) is 11.6. The molecule has 0 aromatic heterocycles. The van der Waals surface area contributed by atoms with Gasteiger partial charge < -0.3 is 14.8 Å². The topological polar surface area (TPSA) is 47.6 Å². The number of thiol groups is 1. The molecule has 1 amide bonds. The first-order chi connectivity index (χ1) is 8.40. The maximum atomic E-state index is 10.9. The zero-order chi connectivity index (χ0) is 13.3. The van der Waals surface area contributed by atoms with Crippen LogP contribution in [0.3, 0.4) is 0 Å². The van der Waals surface area contributed by atoms with Crippen molar-refractivity contribution >= 4 is 17.9 Å². The van der Waals surface area contributed by atoms with Crippen LogP contribution in [-0.2, 0) is 5.41 Å². The Hall–Kier alpha value is -1.36. The lowest BCUT2D eigenvalue weighted by Crippen LogP contribution is -2.34. The number of carbonyl (C=O) groups is 1. The number of ether oxygens (including phenoxy) is 2. The molecule has 18 heavy (non-hydrogen) atoms. The van der Waals surface area contributed by atoms with Crippen molar-refractivity contribution < 1.29 is 14.3 Å². The normalized spacial score (nSPS) is 13.6. The number of carbonyl (C=O) groups excluding carboxylic acids is 1. The van der Waals surface area contributed by atoms with Gasteiger partial charge in [0.2, 0.25) is 6.79 Å². The number of rotatable bonds is 3. The van der Waals surface area contributed by atoms with E-state index < -0.39 is 0 Å². The summed E-state index contributed by atoms with van der Waals surface area (Å²) in [5.41, 5.74) is 2.06. The summed E-state index contributed by atoms with van der Waals surface area (Å²) < 4.78 is 10.7. The first kappa shape index (κ1) is 13.1. The number of fused-ring (bicyclic) bond motifs is 1. The van der Waals surface area contributed by atoms with E-state index in [1.165, 1.54) is 0 Å². The van der Waals surface area contributed by atoms with Gasteiger partial charge in [0, 0.05) is 12.0 Å². The number of hydrogen-bond donors (Lipinski definition) is 2. The molecule has 1 aromatic carbocycles. The lowest BCUT2D eigenvalue weighted by atomic mass is 9.81. The standard InChI is InChI=1S/C13H17NO3S/c1-8-4-10-11(17-7-16-10)5-9(8)13(2,3)6-14-12(15)18/h4-5H,6-7H2,1-3H3,(H2,14,15,18). The Morgan fingerprint density at radius 3 is 2.61 bits per heavy atom. The van der Waals surface area contributed by atoms with E-state index in [1.54, 1.807) is 0 Å². The molecule has 1 heterocycles. The Morgan fingerprint density at radius 2 is 2.00 bits per heavy atom. The van der Waals surface area contributed by atoms with Gasteiger partial charge in [-0.15, -0.1) is 0 Å². The maximum Gasteiger partial charge on any atom is 0.276 e. The van der Waals surface area contributed by atoms with Crippen LogP contribution in [0.15, 0.2) is 12.1 Å². The van der Waals surface area contributed by atoms with Gasteiger partial charge >= 0.3 is 0 Å². The molecule has 1 aliphatic heterocycles. The third-order valence-corrected chi connectivity index (χ3v) is 3.29. The van der Waals surface area contributed by atoms with Crippen molar-refractivity contribution in [2.24, 2.45) is 0 Å². The van der Waals surface area contributed by atoms with Gasteiger partial charge in [0.1, 0.15) is 0 Å². The summed E-state index contributed by atoms with van der Waals surface area (Å²) in [7, 11) is 0. The fourth-order valence-corrected chi connectivity index (χ4v) is 2.24. The van der Waals surface area contributed by atoms with Crippen LogP contribution in [-0.4, -0.2) is 18.6 Å².